The van der Waals surface area contributed by atoms with Gasteiger partial charge in [0, 0.05) is 19.0 Å². The largest absolute Gasteiger partial charge is 0.494 e. The molecule has 8 nitrogen and oxygen atoms in total. The van der Waals surface area contributed by atoms with Crippen LogP contribution in [0.15, 0.2) is 53.4 Å². The lowest BCUT2D eigenvalue weighted by molar-refractivity contribution is -0.131. The number of hydrazine groups is 1. The molecule has 172 valence electrons. The third-order valence-corrected chi connectivity index (χ3v) is 7.11. The Labute approximate surface area is 186 Å². The predicted octanol–water partition coefficient (Wildman–Crippen LogP) is 2.02. The molecule has 0 aromatic heterocycles. The van der Waals surface area contributed by atoms with Crippen molar-refractivity contribution in [3.05, 3.63) is 59.9 Å². The van der Waals surface area contributed by atoms with Crippen LogP contribution < -0.4 is 15.6 Å². The molecule has 1 fully saturated rings. The molecule has 0 saturated carbocycles. The van der Waals surface area contributed by atoms with Gasteiger partial charge in [-0.15, -0.1) is 0 Å². The van der Waals surface area contributed by atoms with Crippen molar-refractivity contribution in [1.29, 1.82) is 0 Å². The number of hydrogen-bond acceptors (Lipinski definition) is 5. The van der Waals surface area contributed by atoms with E-state index in [1.165, 1.54) is 40.7 Å². The minimum atomic E-state index is -3.66. The fourth-order valence-electron chi connectivity index (χ4n) is 3.45. The first-order chi connectivity index (χ1) is 15.3. The van der Waals surface area contributed by atoms with Crippen molar-refractivity contribution in [2.75, 3.05) is 19.7 Å². The maximum Gasteiger partial charge on any atom is 0.243 e. The van der Waals surface area contributed by atoms with Gasteiger partial charge in [0.1, 0.15) is 11.6 Å². The summed E-state index contributed by atoms with van der Waals surface area (Å²) in [4.78, 5) is 24.5. The number of carbonyl (C=O) groups excluding carboxylic acids is 2. The maximum absolute atomic E-state index is 12.9. The van der Waals surface area contributed by atoms with Crippen LogP contribution in [0.25, 0.3) is 0 Å². The number of nitrogens with one attached hydrogen (secondary N) is 2. The number of rotatable bonds is 7. The summed E-state index contributed by atoms with van der Waals surface area (Å²) in [7, 11) is -3.66. The quantitative estimate of drug-likeness (QED) is 0.612. The summed E-state index contributed by atoms with van der Waals surface area (Å²) in [5.41, 5.74) is 5.36. The van der Waals surface area contributed by atoms with Gasteiger partial charge in [0.15, 0.2) is 0 Å². The number of piperidine rings is 1. The molecule has 2 aromatic carbocycles. The van der Waals surface area contributed by atoms with E-state index in [1.807, 2.05) is 6.92 Å². The SMILES string of the molecule is CCOc1ccc(S(=O)(=O)N2CCC(C(=O)NNC(=O)Cc3ccc(F)cc3)CC2)cc1. The number of sulfonamides is 1. The molecular formula is C22H26FN3O5S. The molecule has 0 atom stereocenters. The summed E-state index contributed by atoms with van der Waals surface area (Å²) in [6.45, 7) is 2.75. The van der Waals surface area contributed by atoms with E-state index >= 15 is 0 Å². The Hall–Kier alpha value is -2.98. The molecular weight excluding hydrogens is 437 g/mol. The molecule has 2 aromatic rings. The second-order valence-electron chi connectivity index (χ2n) is 7.42. The molecule has 1 aliphatic rings. The Balaban J connectivity index is 1.47. The summed E-state index contributed by atoms with van der Waals surface area (Å²) < 4.78 is 45.3. The fourth-order valence-corrected chi connectivity index (χ4v) is 4.92. The molecule has 32 heavy (non-hydrogen) atoms. The van der Waals surface area contributed by atoms with Crippen LogP contribution in [0.5, 0.6) is 5.75 Å². The number of ether oxygens (including phenoxy) is 1. The van der Waals surface area contributed by atoms with E-state index in [2.05, 4.69) is 10.9 Å². The Morgan fingerprint density at radius 3 is 2.25 bits per heavy atom. The third-order valence-electron chi connectivity index (χ3n) is 5.20. The summed E-state index contributed by atoms with van der Waals surface area (Å²) in [6, 6.07) is 11.8. The Morgan fingerprint density at radius 1 is 1.03 bits per heavy atom. The number of carbonyl (C=O) groups is 2. The zero-order valence-electron chi connectivity index (χ0n) is 17.7. The second-order valence-corrected chi connectivity index (χ2v) is 9.36. The highest BCUT2D eigenvalue weighted by Crippen LogP contribution is 2.25. The number of benzene rings is 2. The van der Waals surface area contributed by atoms with E-state index in [0.29, 0.717) is 30.8 Å². The van der Waals surface area contributed by atoms with Crippen LogP contribution in [0, 0.1) is 11.7 Å². The van der Waals surface area contributed by atoms with Crippen LogP contribution in [0.2, 0.25) is 0 Å². The molecule has 10 heteroatoms. The highest BCUT2D eigenvalue weighted by molar-refractivity contribution is 7.89. The molecule has 1 saturated heterocycles. The van der Waals surface area contributed by atoms with Gasteiger partial charge in [-0.1, -0.05) is 12.1 Å². The Bertz CT molecular complexity index is 1030. The first kappa shape index (κ1) is 23.7. The maximum atomic E-state index is 12.9. The summed E-state index contributed by atoms with van der Waals surface area (Å²) in [5, 5.41) is 0. The van der Waals surface area contributed by atoms with Gasteiger partial charge in [-0.05, 0) is 61.7 Å². The third kappa shape index (κ3) is 6.04. The normalized spacial score (nSPS) is 15.2. The first-order valence-electron chi connectivity index (χ1n) is 10.4. The zero-order valence-corrected chi connectivity index (χ0v) is 18.5. The highest BCUT2D eigenvalue weighted by Gasteiger charge is 2.32. The molecule has 0 aliphatic carbocycles. The summed E-state index contributed by atoms with van der Waals surface area (Å²) in [5.74, 6) is -0.995. The van der Waals surface area contributed by atoms with Gasteiger partial charge in [0.05, 0.1) is 17.9 Å². The number of amides is 2. The van der Waals surface area contributed by atoms with E-state index in [4.69, 9.17) is 4.74 Å². The lowest BCUT2D eigenvalue weighted by Crippen LogP contribution is -2.48. The van der Waals surface area contributed by atoms with Crippen LogP contribution in [0.4, 0.5) is 4.39 Å². The molecule has 3 rings (SSSR count). The number of halogens is 1. The van der Waals surface area contributed by atoms with Crippen LogP contribution in [-0.4, -0.2) is 44.2 Å². The molecule has 1 heterocycles. The van der Waals surface area contributed by atoms with E-state index in [0.717, 1.165) is 0 Å². The van der Waals surface area contributed by atoms with Crippen molar-refractivity contribution in [2.24, 2.45) is 5.92 Å². The van der Waals surface area contributed by atoms with Crippen molar-refractivity contribution in [1.82, 2.24) is 15.2 Å². The topological polar surface area (TPSA) is 105 Å². The van der Waals surface area contributed by atoms with Crippen LogP contribution in [-0.2, 0) is 26.0 Å². The minimum absolute atomic E-state index is 0.000661. The van der Waals surface area contributed by atoms with Gasteiger partial charge in [-0.25, -0.2) is 12.8 Å². The smallest absolute Gasteiger partial charge is 0.243 e. The van der Waals surface area contributed by atoms with Gasteiger partial charge in [0.2, 0.25) is 21.8 Å². The van der Waals surface area contributed by atoms with Gasteiger partial charge in [0.25, 0.3) is 0 Å². The van der Waals surface area contributed by atoms with Crippen molar-refractivity contribution in [2.45, 2.75) is 31.1 Å². The van der Waals surface area contributed by atoms with E-state index in [1.54, 1.807) is 12.1 Å². The van der Waals surface area contributed by atoms with Gasteiger partial charge < -0.3 is 4.74 Å². The monoisotopic (exact) mass is 463 g/mol. The van der Waals surface area contributed by atoms with Gasteiger partial charge >= 0.3 is 0 Å². The lowest BCUT2D eigenvalue weighted by atomic mass is 9.98. The molecule has 0 bridgehead atoms. The molecule has 2 N–H and O–H groups in total. The average Bonchev–Trinajstić information content (AvgIpc) is 2.80. The van der Waals surface area contributed by atoms with Crippen molar-refractivity contribution in [3.63, 3.8) is 0 Å². The first-order valence-corrected chi connectivity index (χ1v) is 11.8. The summed E-state index contributed by atoms with van der Waals surface area (Å²) >= 11 is 0. The predicted molar refractivity (Wildman–Crippen MR) is 115 cm³/mol. The van der Waals surface area contributed by atoms with Gasteiger partial charge in [-0.3, -0.25) is 20.4 Å². The second kappa shape index (κ2) is 10.6. The van der Waals surface area contributed by atoms with Crippen molar-refractivity contribution < 1.29 is 27.1 Å². The summed E-state index contributed by atoms with van der Waals surface area (Å²) in [6.07, 6.45) is 0.686. The fraction of sp³-hybridized carbons (Fsp3) is 0.364. The van der Waals surface area contributed by atoms with Crippen molar-refractivity contribution >= 4 is 21.8 Å². The molecule has 1 aliphatic heterocycles. The molecule has 0 radical (unpaired) electrons. The van der Waals surface area contributed by atoms with Crippen LogP contribution >= 0.6 is 0 Å². The molecule has 0 spiro atoms. The average molecular weight is 464 g/mol. The van der Waals surface area contributed by atoms with Crippen LogP contribution in [0.1, 0.15) is 25.3 Å². The Kier molecular flexibility index (Phi) is 7.81. The van der Waals surface area contributed by atoms with Crippen LogP contribution in [0.3, 0.4) is 0 Å². The van der Waals surface area contributed by atoms with E-state index in [9.17, 15) is 22.4 Å². The van der Waals surface area contributed by atoms with Gasteiger partial charge in [-0.2, -0.15) is 4.31 Å². The zero-order chi connectivity index (χ0) is 23.1. The van der Waals surface area contributed by atoms with E-state index < -0.39 is 27.7 Å². The van der Waals surface area contributed by atoms with Crippen molar-refractivity contribution in [3.8, 4) is 5.75 Å². The number of hydrogen-bond donors (Lipinski definition) is 2. The lowest BCUT2D eigenvalue weighted by Gasteiger charge is -2.30. The Morgan fingerprint density at radius 2 is 1.66 bits per heavy atom. The highest BCUT2D eigenvalue weighted by atomic mass is 32.2. The molecule has 0 unspecified atom stereocenters. The van der Waals surface area contributed by atoms with E-state index in [-0.39, 0.29) is 30.3 Å². The molecule has 2 amide bonds. The standard InChI is InChI=1S/C22H26FN3O5S/c1-2-31-19-7-9-20(10-8-19)32(29,30)26-13-11-17(12-14-26)22(28)25-24-21(27)15-16-3-5-18(23)6-4-16/h3-10,17H,2,11-15H2,1H3,(H,24,27)(H,25,28). The number of nitrogens with zero attached hydrogens (tertiary/aromatic N) is 1. The minimum Gasteiger partial charge on any atom is -0.494 e.